The molecule has 1 atom stereocenters. The number of carbonyl (C=O) groups excluding carboxylic acids is 1. The molecule has 33 heavy (non-hydrogen) atoms. The molecule has 0 aliphatic carbocycles. The van der Waals surface area contributed by atoms with Crippen LogP contribution in [-0.2, 0) is 23.3 Å². The lowest BCUT2D eigenvalue weighted by Crippen LogP contribution is -2.30. The number of sulfonamides is 1. The SMILES string of the molecule is CCOc1cc(NC(=O)[C@@H](COI)C(C)C)ccc1S(=O)(=O)Nc1cccc(C(C)(C)C)c1. The molecule has 0 aromatic heterocycles. The molecule has 0 radical (unpaired) electrons. The molecule has 0 aliphatic heterocycles. The van der Waals surface area contributed by atoms with Crippen molar-refractivity contribution in [2.45, 2.75) is 51.9 Å². The molecule has 7 nitrogen and oxygen atoms in total. The zero-order valence-corrected chi connectivity index (χ0v) is 22.9. The topological polar surface area (TPSA) is 93.7 Å². The van der Waals surface area contributed by atoms with Gasteiger partial charge in [-0.1, -0.05) is 46.8 Å². The van der Waals surface area contributed by atoms with E-state index < -0.39 is 10.0 Å². The Labute approximate surface area is 211 Å². The van der Waals surface area contributed by atoms with E-state index in [9.17, 15) is 13.2 Å². The maximum atomic E-state index is 13.2. The number of amides is 1. The van der Waals surface area contributed by atoms with Crippen LogP contribution in [0, 0.1) is 11.8 Å². The van der Waals surface area contributed by atoms with Gasteiger partial charge in [0.05, 0.1) is 19.1 Å². The lowest BCUT2D eigenvalue weighted by molar-refractivity contribution is -0.121. The third kappa shape index (κ3) is 7.58. The van der Waals surface area contributed by atoms with Gasteiger partial charge in [0.25, 0.3) is 10.0 Å². The van der Waals surface area contributed by atoms with Crippen LogP contribution in [0.25, 0.3) is 0 Å². The second-order valence-electron chi connectivity index (χ2n) is 9.15. The Balaban J connectivity index is 2.33. The van der Waals surface area contributed by atoms with Gasteiger partial charge in [-0.05, 0) is 48.1 Å². The number of hydrogen-bond acceptors (Lipinski definition) is 5. The summed E-state index contributed by atoms with van der Waals surface area (Å²) in [4.78, 5) is 12.7. The Hall–Kier alpha value is -1.85. The van der Waals surface area contributed by atoms with Crippen molar-refractivity contribution >= 4 is 50.3 Å². The fourth-order valence-corrected chi connectivity index (χ4v) is 4.77. The molecule has 9 heteroatoms. The molecular weight excluding hydrogens is 555 g/mol. The van der Waals surface area contributed by atoms with Gasteiger partial charge in [-0.2, -0.15) is 0 Å². The van der Waals surface area contributed by atoms with Gasteiger partial charge in [0.1, 0.15) is 33.7 Å². The minimum Gasteiger partial charge on any atom is -0.492 e. The minimum absolute atomic E-state index is 0.000448. The second-order valence-corrected chi connectivity index (χ2v) is 11.4. The average molecular weight is 589 g/mol. The highest BCUT2D eigenvalue weighted by Gasteiger charge is 2.25. The maximum Gasteiger partial charge on any atom is 0.265 e. The molecule has 0 aliphatic rings. The van der Waals surface area contributed by atoms with E-state index in [-0.39, 0.29) is 47.0 Å². The van der Waals surface area contributed by atoms with Crippen LogP contribution >= 0.6 is 23.0 Å². The maximum absolute atomic E-state index is 13.2. The molecule has 182 valence electrons. The molecule has 0 saturated heterocycles. The van der Waals surface area contributed by atoms with Crippen molar-refractivity contribution in [2.24, 2.45) is 11.8 Å². The number of ether oxygens (including phenoxy) is 1. The number of anilines is 2. The molecule has 1 amide bonds. The molecule has 0 saturated carbocycles. The third-order valence-corrected chi connectivity index (χ3v) is 6.95. The van der Waals surface area contributed by atoms with Crippen molar-refractivity contribution in [3.63, 3.8) is 0 Å². The van der Waals surface area contributed by atoms with Gasteiger partial charge in [-0.15, -0.1) is 0 Å². The van der Waals surface area contributed by atoms with Crippen molar-refractivity contribution in [1.29, 1.82) is 0 Å². The standard InChI is InChI=1S/C24H33IN2O5S/c1-7-31-21-14-18(26-23(28)20(15-32-25)16(2)3)11-12-22(21)33(29,30)27-19-10-8-9-17(13-19)24(4,5)6/h8-14,16,20,27H,7,15H2,1-6H3,(H,26,28)/t20-/m0/s1. The summed E-state index contributed by atoms with van der Waals surface area (Å²) in [6.07, 6.45) is 0. The van der Waals surface area contributed by atoms with Gasteiger partial charge in [0, 0.05) is 17.4 Å². The van der Waals surface area contributed by atoms with Gasteiger partial charge in [0.2, 0.25) is 5.91 Å². The smallest absolute Gasteiger partial charge is 0.265 e. The zero-order valence-electron chi connectivity index (χ0n) is 19.9. The van der Waals surface area contributed by atoms with Crippen LogP contribution in [-0.4, -0.2) is 27.5 Å². The Bertz CT molecular complexity index is 1060. The molecule has 2 N–H and O–H groups in total. The van der Waals surface area contributed by atoms with E-state index in [1.165, 1.54) is 12.1 Å². The van der Waals surface area contributed by atoms with Crippen molar-refractivity contribution in [1.82, 2.24) is 0 Å². The fourth-order valence-electron chi connectivity index (χ4n) is 3.21. The van der Waals surface area contributed by atoms with Gasteiger partial charge >= 0.3 is 0 Å². The Kier molecular flexibility index (Phi) is 9.57. The van der Waals surface area contributed by atoms with Gasteiger partial charge in [-0.3, -0.25) is 9.52 Å². The van der Waals surface area contributed by atoms with Gasteiger partial charge < -0.3 is 13.1 Å². The van der Waals surface area contributed by atoms with Crippen LogP contribution in [0.15, 0.2) is 47.4 Å². The first kappa shape index (κ1) is 27.4. The number of benzene rings is 2. The Morgan fingerprint density at radius 2 is 1.79 bits per heavy atom. The monoisotopic (exact) mass is 588 g/mol. The van der Waals surface area contributed by atoms with Crippen LogP contribution < -0.4 is 14.8 Å². The summed E-state index contributed by atoms with van der Waals surface area (Å²) in [6.45, 7) is 12.4. The first-order chi connectivity index (χ1) is 15.4. The average Bonchev–Trinajstić information content (AvgIpc) is 2.71. The highest BCUT2D eigenvalue weighted by Crippen LogP contribution is 2.31. The Morgan fingerprint density at radius 1 is 1.09 bits per heavy atom. The molecule has 0 heterocycles. The molecule has 0 fully saturated rings. The summed E-state index contributed by atoms with van der Waals surface area (Å²) in [5.41, 5.74) is 1.83. The molecule has 0 bridgehead atoms. The molecule has 0 spiro atoms. The zero-order chi connectivity index (χ0) is 24.8. The molecule has 0 unspecified atom stereocenters. The van der Waals surface area contributed by atoms with Gasteiger partial charge in [0.15, 0.2) is 0 Å². The van der Waals surface area contributed by atoms with Crippen LogP contribution in [0.2, 0.25) is 0 Å². The van der Waals surface area contributed by atoms with Crippen LogP contribution in [0.5, 0.6) is 5.75 Å². The Morgan fingerprint density at radius 3 is 2.36 bits per heavy atom. The quantitative estimate of drug-likeness (QED) is 0.345. The predicted molar refractivity (Wildman–Crippen MR) is 140 cm³/mol. The first-order valence-corrected chi connectivity index (χ1v) is 13.2. The molecule has 2 aromatic rings. The largest absolute Gasteiger partial charge is 0.492 e. The number of carbonyl (C=O) groups is 1. The number of rotatable bonds is 10. The summed E-state index contributed by atoms with van der Waals surface area (Å²) >= 11 is 1.77. The summed E-state index contributed by atoms with van der Waals surface area (Å²) in [7, 11) is -3.92. The highest BCUT2D eigenvalue weighted by atomic mass is 127. The lowest BCUT2D eigenvalue weighted by atomic mass is 9.87. The third-order valence-electron chi connectivity index (χ3n) is 5.17. The van der Waals surface area contributed by atoms with E-state index in [2.05, 4.69) is 30.8 Å². The predicted octanol–water partition coefficient (Wildman–Crippen LogP) is 5.76. The van der Waals surface area contributed by atoms with E-state index in [0.717, 1.165) is 5.56 Å². The fraction of sp³-hybridized carbons (Fsp3) is 0.458. The van der Waals surface area contributed by atoms with Crippen LogP contribution in [0.4, 0.5) is 11.4 Å². The van der Waals surface area contributed by atoms with E-state index in [0.29, 0.717) is 11.4 Å². The van der Waals surface area contributed by atoms with Crippen LogP contribution in [0.1, 0.15) is 47.1 Å². The summed E-state index contributed by atoms with van der Waals surface area (Å²) < 4.78 is 39.8. The minimum atomic E-state index is -3.92. The summed E-state index contributed by atoms with van der Waals surface area (Å²) in [5, 5.41) is 2.84. The number of hydrogen-bond donors (Lipinski definition) is 2. The summed E-state index contributed by atoms with van der Waals surface area (Å²) in [5.74, 6) is -0.283. The first-order valence-electron chi connectivity index (χ1n) is 10.8. The van der Waals surface area contributed by atoms with Crippen molar-refractivity contribution in [3.8, 4) is 5.75 Å². The molecular formula is C24H33IN2O5S. The van der Waals surface area contributed by atoms with E-state index >= 15 is 0 Å². The van der Waals surface area contributed by atoms with Gasteiger partial charge in [-0.25, -0.2) is 8.42 Å². The van der Waals surface area contributed by atoms with Crippen molar-refractivity contribution in [3.05, 3.63) is 48.0 Å². The lowest BCUT2D eigenvalue weighted by Gasteiger charge is -2.21. The second kappa shape index (κ2) is 11.5. The normalized spacial score (nSPS) is 13.0. The van der Waals surface area contributed by atoms with E-state index in [1.54, 1.807) is 42.1 Å². The van der Waals surface area contributed by atoms with Crippen LogP contribution in [0.3, 0.4) is 0 Å². The number of nitrogens with one attached hydrogen (secondary N) is 2. The molecule has 2 rings (SSSR count). The van der Waals surface area contributed by atoms with Crippen molar-refractivity contribution < 1.29 is 21.0 Å². The summed E-state index contributed by atoms with van der Waals surface area (Å²) in [6, 6.07) is 11.9. The van der Waals surface area contributed by atoms with Crippen molar-refractivity contribution in [2.75, 3.05) is 23.3 Å². The van der Waals surface area contributed by atoms with E-state index in [1.807, 2.05) is 32.0 Å². The highest BCUT2D eigenvalue weighted by molar-refractivity contribution is 14.1. The molecule has 2 aromatic carbocycles. The van der Waals surface area contributed by atoms with E-state index in [4.69, 9.17) is 7.80 Å². The number of halogens is 1.